The molecule has 2 heterocycles. The maximum atomic E-state index is 12.4. The molecule has 0 saturated heterocycles. The van der Waals surface area contributed by atoms with Crippen molar-refractivity contribution in [2.75, 3.05) is 24.7 Å². The normalized spacial score (nSPS) is 14.5. The van der Waals surface area contributed by atoms with Crippen LogP contribution >= 0.6 is 11.8 Å². The van der Waals surface area contributed by atoms with Gasteiger partial charge in [0, 0.05) is 40.6 Å². The number of H-pyrrole nitrogens is 1. The molecule has 0 atom stereocenters. The second kappa shape index (κ2) is 7.39. The van der Waals surface area contributed by atoms with Crippen LogP contribution in [0.4, 0.5) is 5.69 Å². The van der Waals surface area contributed by atoms with E-state index in [4.69, 9.17) is 5.73 Å². The van der Waals surface area contributed by atoms with E-state index in [1.54, 1.807) is 11.8 Å². The molecule has 0 saturated carbocycles. The first-order valence-electron chi connectivity index (χ1n) is 8.35. The van der Waals surface area contributed by atoms with Crippen LogP contribution in [0.1, 0.15) is 32.9 Å². The largest absolute Gasteiger partial charge is 0.358 e. The number of hydrogen-bond donors (Lipinski definition) is 4. The summed E-state index contributed by atoms with van der Waals surface area (Å²) in [6, 6.07) is 5.90. The third-order valence-corrected chi connectivity index (χ3v) is 5.16. The lowest BCUT2D eigenvalue weighted by Gasteiger charge is -2.04. The van der Waals surface area contributed by atoms with Crippen molar-refractivity contribution in [1.29, 1.82) is 0 Å². The second-order valence-corrected chi connectivity index (χ2v) is 7.01. The van der Waals surface area contributed by atoms with Gasteiger partial charge in [-0.3, -0.25) is 9.59 Å². The number of carbonyl (C=O) groups excluding carboxylic acids is 2. The molecule has 1 aromatic heterocycles. The molecule has 7 heteroatoms. The molecular formula is C19H22N4O2S. The van der Waals surface area contributed by atoms with E-state index in [0.717, 1.165) is 33.1 Å². The first-order valence-corrected chi connectivity index (χ1v) is 9.57. The van der Waals surface area contributed by atoms with Crippen LogP contribution < -0.4 is 16.4 Å². The Kier molecular flexibility index (Phi) is 5.20. The number of nitrogens with two attached hydrogens (primary N) is 1. The highest BCUT2D eigenvalue weighted by molar-refractivity contribution is 7.98. The highest BCUT2D eigenvalue weighted by atomic mass is 32.2. The molecule has 0 radical (unpaired) electrons. The van der Waals surface area contributed by atoms with E-state index < -0.39 is 0 Å². The summed E-state index contributed by atoms with van der Waals surface area (Å²) >= 11 is 1.63. The minimum absolute atomic E-state index is 0.140. The number of fused-ring (bicyclic) bond motifs is 1. The smallest absolute Gasteiger partial charge is 0.256 e. The van der Waals surface area contributed by atoms with E-state index >= 15 is 0 Å². The Hall–Kier alpha value is -2.51. The Balaban J connectivity index is 2.02. The van der Waals surface area contributed by atoms with Gasteiger partial charge in [-0.15, -0.1) is 11.8 Å². The summed E-state index contributed by atoms with van der Waals surface area (Å²) in [4.78, 5) is 29.1. The van der Waals surface area contributed by atoms with Crippen molar-refractivity contribution in [2.45, 2.75) is 18.7 Å². The number of thioether (sulfide) groups is 1. The minimum atomic E-state index is -0.160. The van der Waals surface area contributed by atoms with Gasteiger partial charge < -0.3 is 21.4 Å². The van der Waals surface area contributed by atoms with Crippen molar-refractivity contribution >= 4 is 40.9 Å². The number of aromatic amines is 1. The van der Waals surface area contributed by atoms with Gasteiger partial charge in [0.2, 0.25) is 0 Å². The third-order valence-electron chi connectivity index (χ3n) is 4.43. The third kappa shape index (κ3) is 3.27. The summed E-state index contributed by atoms with van der Waals surface area (Å²) in [5.74, 6) is -0.300. The SMILES string of the molecule is CSc1ccc2c(c1)/C(=C/c1[nH]c(C)c(C(=O)NCCN)c1C)C(=O)N2. The molecule has 3 rings (SSSR count). The van der Waals surface area contributed by atoms with Crippen molar-refractivity contribution in [2.24, 2.45) is 5.73 Å². The average Bonchev–Trinajstić information content (AvgIpc) is 3.08. The zero-order valence-corrected chi connectivity index (χ0v) is 15.8. The van der Waals surface area contributed by atoms with Gasteiger partial charge in [-0.1, -0.05) is 0 Å². The van der Waals surface area contributed by atoms with E-state index in [1.165, 1.54) is 0 Å². The lowest BCUT2D eigenvalue weighted by Crippen LogP contribution is -2.29. The molecule has 0 spiro atoms. The van der Waals surface area contributed by atoms with Gasteiger partial charge in [-0.25, -0.2) is 0 Å². The number of benzene rings is 1. The van der Waals surface area contributed by atoms with E-state index in [0.29, 0.717) is 24.2 Å². The molecule has 0 bridgehead atoms. The zero-order chi connectivity index (χ0) is 18.8. The van der Waals surface area contributed by atoms with Crippen molar-refractivity contribution in [3.8, 4) is 0 Å². The van der Waals surface area contributed by atoms with Crippen molar-refractivity contribution < 1.29 is 9.59 Å². The molecule has 1 aliphatic rings. The maximum absolute atomic E-state index is 12.4. The van der Waals surface area contributed by atoms with E-state index in [1.807, 2.05) is 44.4 Å². The standard InChI is InChI=1S/C19H22N4O2S/c1-10-16(22-11(2)17(10)19(25)21-7-6-20)9-14-13-8-12(26-3)4-5-15(13)23-18(14)24/h4-5,8-9,22H,6-7,20H2,1-3H3,(H,21,25)(H,23,24)/b14-9-. The van der Waals surface area contributed by atoms with Crippen LogP contribution in [0.5, 0.6) is 0 Å². The molecule has 2 aromatic rings. The van der Waals surface area contributed by atoms with E-state index in [-0.39, 0.29) is 11.8 Å². The molecule has 1 aromatic carbocycles. The van der Waals surface area contributed by atoms with Crippen LogP contribution in [0.2, 0.25) is 0 Å². The van der Waals surface area contributed by atoms with Crippen LogP contribution in [-0.2, 0) is 4.79 Å². The maximum Gasteiger partial charge on any atom is 0.256 e. The molecule has 6 nitrogen and oxygen atoms in total. The summed E-state index contributed by atoms with van der Waals surface area (Å²) in [5, 5.41) is 5.68. The van der Waals surface area contributed by atoms with Crippen LogP contribution in [-0.4, -0.2) is 36.1 Å². The van der Waals surface area contributed by atoms with Gasteiger partial charge >= 0.3 is 0 Å². The van der Waals surface area contributed by atoms with Crippen LogP contribution in [0.25, 0.3) is 11.6 Å². The number of carbonyl (C=O) groups is 2. The molecule has 0 aliphatic carbocycles. The van der Waals surface area contributed by atoms with Crippen molar-refractivity contribution in [3.63, 3.8) is 0 Å². The fourth-order valence-electron chi connectivity index (χ4n) is 3.11. The molecule has 1 aliphatic heterocycles. The summed E-state index contributed by atoms with van der Waals surface area (Å²) in [7, 11) is 0. The first kappa shape index (κ1) is 18.3. The van der Waals surface area contributed by atoms with Crippen LogP contribution in [0.15, 0.2) is 23.1 Å². The van der Waals surface area contributed by atoms with Crippen molar-refractivity contribution in [1.82, 2.24) is 10.3 Å². The lowest BCUT2D eigenvalue weighted by atomic mass is 10.0. The van der Waals surface area contributed by atoms with Crippen molar-refractivity contribution in [3.05, 3.63) is 46.3 Å². The first-order chi connectivity index (χ1) is 12.5. The van der Waals surface area contributed by atoms with Gasteiger partial charge in [0.1, 0.15) is 0 Å². The van der Waals surface area contributed by atoms with Crippen LogP contribution in [0, 0.1) is 13.8 Å². The van der Waals surface area contributed by atoms with Gasteiger partial charge in [0.05, 0.1) is 11.1 Å². The Morgan fingerprint density at radius 3 is 2.81 bits per heavy atom. The summed E-state index contributed by atoms with van der Waals surface area (Å²) in [6.07, 6.45) is 3.81. The molecule has 26 heavy (non-hydrogen) atoms. The number of hydrogen-bond acceptors (Lipinski definition) is 4. The van der Waals surface area contributed by atoms with Gasteiger partial charge in [-0.2, -0.15) is 0 Å². The predicted molar refractivity (Wildman–Crippen MR) is 106 cm³/mol. The summed E-state index contributed by atoms with van der Waals surface area (Å²) < 4.78 is 0. The fraction of sp³-hybridized carbons (Fsp3) is 0.263. The topological polar surface area (TPSA) is 100 Å². The highest BCUT2D eigenvalue weighted by Gasteiger charge is 2.25. The lowest BCUT2D eigenvalue weighted by molar-refractivity contribution is -0.110. The number of rotatable bonds is 5. The van der Waals surface area contributed by atoms with Gasteiger partial charge in [0.15, 0.2) is 0 Å². The zero-order valence-electron chi connectivity index (χ0n) is 15.0. The molecule has 5 N–H and O–H groups in total. The van der Waals surface area contributed by atoms with E-state index in [9.17, 15) is 9.59 Å². The predicted octanol–water partition coefficient (Wildman–Crippen LogP) is 2.53. The fourth-order valence-corrected chi connectivity index (χ4v) is 3.55. The van der Waals surface area contributed by atoms with E-state index in [2.05, 4.69) is 15.6 Å². The number of aromatic nitrogens is 1. The number of amides is 2. The molecule has 136 valence electrons. The number of anilines is 1. The quantitative estimate of drug-likeness (QED) is 0.480. The molecule has 0 fully saturated rings. The Bertz CT molecular complexity index is 915. The molecule has 2 amide bonds. The summed E-state index contributed by atoms with van der Waals surface area (Å²) in [5.41, 5.74) is 10.7. The summed E-state index contributed by atoms with van der Waals surface area (Å²) in [6.45, 7) is 4.53. The average molecular weight is 370 g/mol. The molecule has 0 unspecified atom stereocenters. The van der Waals surface area contributed by atoms with Crippen LogP contribution in [0.3, 0.4) is 0 Å². The van der Waals surface area contributed by atoms with Gasteiger partial charge in [-0.05, 0) is 49.9 Å². The monoisotopic (exact) mass is 370 g/mol. The second-order valence-electron chi connectivity index (χ2n) is 6.13. The number of nitrogens with one attached hydrogen (secondary N) is 3. The Morgan fingerprint density at radius 1 is 1.35 bits per heavy atom. The van der Waals surface area contributed by atoms with Gasteiger partial charge in [0.25, 0.3) is 11.8 Å². The number of aryl methyl sites for hydroxylation is 1. The Labute approximate surface area is 156 Å². The molecular weight excluding hydrogens is 348 g/mol. The highest BCUT2D eigenvalue weighted by Crippen LogP contribution is 2.36. The minimum Gasteiger partial charge on any atom is -0.358 e. The Morgan fingerprint density at radius 2 is 2.12 bits per heavy atom.